The molecule has 1 heterocycles. The lowest BCUT2D eigenvalue weighted by atomic mass is 9.99. The van der Waals surface area contributed by atoms with Crippen LogP contribution < -0.4 is 0 Å². The number of esters is 1. The molecule has 0 saturated heterocycles. The predicted octanol–water partition coefficient (Wildman–Crippen LogP) is 7.24. The van der Waals surface area contributed by atoms with Crippen LogP contribution in [0.4, 0.5) is 5.69 Å². The zero-order valence-electron chi connectivity index (χ0n) is 19.8. The summed E-state index contributed by atoms with van der Waals surface area (Å²) in [5.41, 5.74) is 2.37. The fourth-order valence-corrected chi connectivity index (χ4v) is 4.35. The lowest BCUT2D eigenvalue weighted by Gasteiger charge is -2.18. The molecule has 1 atom stereocenters. The summed E-state index contributed by atoms with van der Waals surface area (Å²) in [5.74, 6) is -1.21. The van der Waals surface area contributed by atoms with Crippen molar-refractivity contribution in [2.45, 2.75) is 6.10 Å². The summed E-state index contributed by atoms with van der Waals surface area (Å²) in [6, 6.07) is 29.6. The van der Waals surface area contributed by atoms with Crippen LogP contribution in [0.1, 0.15) is 32.4 Å². The van der Waals surface area contributed by atoms with Crippen molar-refractivity contribution in [3.63, 3.8) is 0 Å². The first-order valence-corrected chi connectivity index (χ1v) is 12.0. The molecule has 0 unspecified atom stereocenters. The number of ether oxygens (including phenoxy) is 1. The molecule has 0 radical (unpaired) electrons. The highest BCUT2D eigenvalue weighted by molar-refractivity contribution is 6.33. The molecule has 0 bridgehead atoms. The Bertz CT molecular complexity index is 1670. The van der Waals surface area contributed by atoms with E-state index < -0.39 is 22.8 Å². The van der Waals surface area contributed by atoms with Gasteiger partial charge < -0.3 is 4.74 Å². The van der Waals surface area contributed by atoms with Crippen LogP contribution in [0.15, 0.2) is 109 Å². The van der Waals surface area contributed by atoms with Crippen molar-refractivity contribution in [1.29, 1.82) is 0 Å². The van der Waals surface area contributed by atoms with Crippen LogP contribution in [0.25, 0.3) is 22.2 Å². The number of halogens is 1. The Morgan fingerprint density at radius 1 is 0.842 bits per heavy atom. The minimum absolute atomic E-state index is 0.143. The van der Waals surface area contributed by atoms with Crippen LogP contribution in [0.2, 0.25) is 5.02 Å². The number of nitrogens with zero attached hydrogens (tertiary/aromatic N) is 2. The van der Waals surface area contributed by atoms with Gasteiger partial charge in [0.2, 0.25) is 5.78 Å². The molecule has 0 aliphatic carbocycles. The maximum absolute atomic E-state index is 13.7. The van der Waals surface area contributed by atoms with Gasteiger partial charge in [0.25, 0.3) is 5.69 Å². The normalized spacial score (nSPS) is 11.6. The van der Waals surface area contributed by atoms with Crippen molar-refractivity contribution in [2.24, 2.45) is 0 Å². The van der Waals surface area contributed by atoms with Crippen molar-refractivity contribution in [2.75, 3.05) is 0 Å². The lowest BCUT2D eigenvalue weighted by molar-refractivity contribution is -0.384. The number of aromatic nitrogens is 1. The summed E-state index contributed by atoms with van der Waals surface area (Å²) in [6.07, 6.45) is -1.33. The molecule has 0 aliphatic rings. The van der Waals surface area contributed by atoms with Gasteiger partial charge in [0.15, 0.2) is 6.10 Å². The first-order valence-electron chi connectivity index (χ1n) is 11.6. The molecule has 8 heteroatoms. The van der Waals surface area contributed by atoms with E-state index in [0.717, 1.165) is 0 Å². The third kappa shape index (κ3) is 5.00. The monoisotopic (exact) mass is 522 g/mol. The van der Waals surface area contributed by atoms with Gasteiger partial charge >= 0.3 is 5.97 Å². The fourth-order valence-electron chi connectivity index (χ4n) is 4.12. The Morgan fingerprint density at radius 3 is 2.21 bits per heavy atom. The number of nitro benzene ring substituents is 1. The number of rotatable bonds is 7. The van der Waals surface area contributed by atoms with Gasteiger partial charge in [-0.25, -0.2) is 9.78 Å². The van der Waals surface area contributed by atoms with Crippen molar-refractivity contribution in [1.82, 2.24) is 4.98 Å². The minimum Gasteiger partial charge on any atom is -0.445 e. The summed E-state index contributed by atoms with van der Waals surface area (Å²) in [4.78, 5) is 42.4. The number of hydrogen-bond acceptors (Lipinski definition) is 6. The van der Waals surface area contributed by atoms with E-state index in [0.29, 0.717) is 38.3 Å². The van der Waals surface area contributed by atoms with Gasteiger partial charge in [-0.1, -0.05) is 78.3 Å². The molecule has 0 saturated carbocycles. The average molecular weight is 523 g/mol. The molecular weight excluding hydrogens is 504 g/mol. The maximum Gasteiger partial charge on any atom is 0.339 e. The number of nitro groups is 1. The molecule has 38 heavy (non-hydrogen) atoms. The first kappa shape index (κ1) is 24.8. The number of non-ortho nitro benzene ring substituents is 1. The van der Waals surface area contributed by atoms with Gasteiger partial charge in [0.1, 0.15) is 0 Å². The first-order chi connectivity index (χ1) is 18.4. The second-order valence-corrected chi connectivity index (χ2v) is 8.82. The van der Waals surface area contributed by atoms with Crippen molar-refractivity contribution >= 4 is 39.9 Å². The Balaban J connectivity index is 1.59. The van der Waals surface area contributed by atoms with Gasteiger partial charge in [-0.2, -0.15) is 0 Å². The van der Waals surface area contributed by atoms with Gasteiger partial charge in [-0.3, -0.25) is 14.9 Å². The molecule has 0 amide bonds. The molecule has 5 rings (SSSR count). The highest BCUT2D eigenvalue weighted by Crippen LogP contribution is 2.32. The number of hydrogen-bond donors (Lipinski definition) is 0. The van der Waals surface area contributed by atoms with E-state index in [-0.39, 0.29) is 11.3 Å². The Hall–Kier alpha value is -4.88. The number of carbonyl (C=O) groups is 2. The molecule has 7 nitrogen and oxygen atoms in total. The second kappa shape index (κ2) is 10.6. The lowest BCUT2D eigenvalue weighted by Crippen LogP contribution is -2.20. The second-order valence-electron chi connectivity index (χ2n) is 8.42. The third-order valence-electron chi connectivity index (χ3n) is 6.01. The molecular formula is C30H19ClN2O5. The van der Waals surface area contributed by atoms with Gasteiger partial charge in [0, 0.05) is 39.2 Å². The van der Waals surface area contributed by atoms with Crippen molar-refractivity contribution in [3.8, 4) is 11.3 Å². The van der Waals surface area contributed by atoms with Crippen LogP contribution in [0.5, 0.6) is 0 Å². The Kier molecular flexibility index (Phi) is 6.93. The summed E-state index contributed by atoms with van der Waals surface area (Å²) in [5, 5.41) is 12.1. The summed E-state index contributed by atoms with van der Waals surface area (Å²) in [6.45, 7) is 0. The molecule has 0 fully saturated rings. The van der Waals surface area contributed by atoms with E-state index >= 15 is 0 Å². The summed E-state index contributed by atoms with van der Waals surface area (Å²) < 4.78 is 5.85. The largest absolute Gasteiger partial charge is 0.445 e. The summed E-state index contributed by atoms with van der Waals surface area (Å²) >= 11 is 6.40. The Morgan fingerprint density at radius 2 is 1.50 bits per heavy atom. The molecule has 0 spiro atoms. The minimum atomic E-state index is -1.33. The van der Waals surface area contributed by atoms with Crippen LogP contribution in [-0.4, -0.2) is 21.7 Å². The maximum atomic E-state index is 13.7. The molecule has 0 aliphatic heterocycles. The van der Waals surface area contributed by atoms with E-state index in [2.05, 4.69) is 4.98 Å². The zero-order chi connectivity index (χ0) is 26.6. The van der Waals surface area contributed by atoms with Crippen LogP contribution >= 0.6 is 11.6 Å². The average Bonchev–Trinajstić information content (AvgIpc) is 2.95. The van der Waals surface area contributed by atoms with Crippen LogP contribution in [0, 0.1) is 10.1 Å². The van der Waals surface area contributed by atoms with Gasteiger partial charge in [0.05, 0.1) is 21.7 Å². The van der Waals surface area contributed by atoms with Crippen LogP contribution in [-0.2, 0) is 4.74 Å². The smallest absolute Gasteiger partial charge is 0.339 e. The number of carbonyl (C=O) groups excluding carboxylic acids is 2. The van der Waals surface area contributed by atoms with E-state index in [1.54, 1.807) is 78.9 Å². The van der Waals surface area contributed by atoms with E-state index in [9.17, 15) is 19.7 Å². The van der Waals surface area contributed by atoms with E-state index in [1.165, 1.54) is 24.3 Å². The van der Waals surface area contributed by atoms with Gasteiger partial charge in [-0.05, 0) is 30.3 Å². The molecule has 1 aromatic heterocycles. The fraction of sp³-hybridized carbons (Fsp3) is 0.0333. The topological polar surface area (TPSA) is 99.4 Å². The van der Waals surface area contributed by atoms with Crippen molar-refractivity contribution in [3.05, 3.63) is 141 Å². The molecule has 0 N–H and O–H groups in total. The number of para-hydroxylation sites is 1. The van der Waals surface area contributed by atoms with E-state index in [4.69, 9.17) is 16.3 Å². The number of benzene rings is 4. The molecule has 186 valence electrons. The zero-order valence-corrected chi connectivity index (χ0v) is 20.5. The molecule has 4 aromatic carbocycles. The third-order valence-corrected chi connectivity index (χ3v) is 6.34. The summed E-state index contributed by atoms with van der Waals surface area (Å²) in [7, 11) is 0. The van der Waals surface area contributed by atoms with Gasteiger partial charge in [-0.15, -0.1) is 0 Å². The Labute approximate surface area is 222 Å². The standard InChI is InChI=1S/C30H19ClN2O5/c31-25-12-6-4-11-23(25)27-18-24(22-10-5-7-13-26(22)32-27)30(35)38-29(28(34)19-8-2-1-3-9-19)20-14-16-21(17-15-20)33(36)37/h1-18,29H/t29-/m0/s1. The highest BCUT2D eigenvalue weighted by atomic mass is 35.5. The van der Waals surface area contributed by atoms with Crippen LogP contribution in [0.3, 0.4) is 0 Å². The van der Waals surface area contributed by atoms with Crippen molar-refractivity contribution < 1.29 is 19.2 Å². The molecule has 5 aromatic rings. The highest BCUT2D eigenvalue weighted by Gasteiger charge is 2.28. The predicted molar refractivity (Wildman–Crippen MR) is 144 cm³/mol. The number of fused-ring (bicyclic) bond motifs is 1. The number of pyridine rings is 1. The number of ketones is 1. The van der Waals surface area contributed by atoms with E-state index in [1.807, 2.05) is 6.07 Å². The number of Topliss-reactive ketones (excluding diaryl/α,β-unsaturated/α-hetero) is 1. The SMILES string of the molecule is O=C(O[C@H](C(=O)c1ccccc1)c1ccc([N+](=O)[O-])cc1)c1cc(-c2ccccc2Cl)nc2ccccc12. The quantitative estimate of drug-likeness (QED) is 0.0966.